The fourth-order valence-corrected chi connectivity index (χ4v) is 2.67. The highest BCUT2D eigenvalue weighted by atomic mass is 19.1. The number of aliphatic hydroxyl groups is 1. The molecule has 2 N–H and O–H groups in total. The van der Waals surface area contributed by atoms with E-state index in [2.05, 4.69) is 17.2 Å². The van der Waals surface area contributed by atoms with Gasteiger partial charge in [0.1, 0.15) is 5.82 Å². The maximum absolute atomic E-state index is 13.8. The Kier molecular flexibility index (Phi) is 4.87. The van der Waals surface area contributed by atoms with Crippen LogP contribution in [-0.2, 0) is 0 Å². The number of amides is 1. The summed E-state index contributed by atoms with van der Waals surface area (Å²) in [4.78, 5) is 12.1. The van der Waals surface area contributed by atoms with E-state index in [1.165, 1.54) is 6.07 Å². The number of hydrogen-bond donors (Lipinski definition) is 2. The molecule has 2 aromatic rings. The Balaban J connectivity index is 1.64. The lowest BCUT2D eigenvalue weighted by atomic mass is 9.80. The molecule has 0 heterocycles. The van der Waals surface area contributed by atoms with Crippen LogP contribution in [0.4, 0.5) is 4.39 Å². The van der Waals surface area contributed by atoms with Crippen molar-refractivity contribution >= 4 is 5.91 Å². The number of benzene rings is 2. The van der Waals surface area contributed by atoms with Gasteiger partial charge in [-0.05, 0) is 68.1 Å². The molecule has 0 saturated heterocycles. The molecule has 0 spiro atoms. The molecule has 128 valence electrons. The SMILES string of the molecule is Cc1ccc(C#Cc2ccc(C(=O)NCC3(O)CCC3)cc2)c(F)c1. The minimum absolute atomic E-state index is 0.218. The van der Waals surface area contributed by atoms with Crippen LogP contribution in [0.2, 0.25) is 0 Å². The number of carbonyl (C=O) groups is 1. The van der Waals surface area contributed by atoms with Crippen molar-refractivity contribution in [3.63, 3.8) is 0 Å². The quantitative estimate of drug-likeness (QED) is 0.845. The predicted molar refractivity (Wildman–Crippen MR) is 94.7 cm³/mol. The molecule has 1 fully saturated rings. The Hall–Kier alpha value is -2.64. The molecule has 0 aromatic heterocycles. The summed E-state index contributed by atoms with van der Waals surface area (Å²) in [7, 11) is 0. The largest absolute Gasteiger partial charge is 0.388 e. The Morgan fingerprint density at radius 3 is 2.52 bits per heavy atom. The Bertz CT molecular complexity index is 842. The van der Waals surface area contributed by atoms with Crippen molar-refractivity contribution in [2.75, 3.05) is 6.54 Å². The van der Waals surface area contributed by atoms with E-state index in [9.17, 15) is 14.3 Å². The molecule has 0 radical (unpaired) electrons. The number of carbonyl (C=O) groups excluding carboxylic acids is 1. The van der Waals surface area contributed by atoms with Crippen molar-refractivity contribution in [1.82, 2.24) is 5.32 Å². The first-order chi connectivity index (χ1) is 12.0. The number of aryl methyl sites for hydroxylation is 1. The molecular formula is C21H20FNO2. The van der Waals surface area contributed by atoms with Gasteiger partial charge in [0.15, 0.2) is 0 Å². The van der Waals surface area contributed by atoms with Crippen molar-refractivity contribution in [3.05, 3.63) is 70.5 Å². The highest BCUT2D eigenvalue weighted by Crippen LogP contribution is 2.30. The van der Waals surface area contributed by atoms with Crippen LogP contribution in [-0.4, -0.2) is 23.2 Å². The van der Waals surface area contributed by atoms with E-state index in [1.54, 1.807) is 30.3 Å². The first-order valence-corrected chi connectivity index (χ1v) is 8.34. The van der Waals surface area contributed by atoms with Gasteiger partial charge in [-0.25, -0.2) is 4.39 Å². The van der Waals surface area contributed by atoms with Crippen LogP contribution in [0.25, 0.3) is 0 Å². The fraction of sp³-hybridized carbons (Fsp3) is 0.286. The van der Waals surface area contributed by atoms with Gasteiger partial charge in [-0.1, -0.05) is 17.9 Å². The van der Waals surface area contributed by atoms with Gasteiger partial charge < -0.3 is 10.4 Å². The van der Waals surface area contributed by atoms with Crippen molar-refractivity contribution in [3.8, 4) is 11.8 Å². The van der Waals surface area contributed by atoms with Crippen molar-refractivity contribution in [1.29, 1.82) is 0 Å². The van der Waals surface area contributed by atoms with E-state index in [-0.39, 0.29) is 18.3 Å². The van der Waals surface area contributed by atoms with Crippen molar-refractivity contribution in [2.24, 2.45) is 0 Å². The summed E-state index contributed by atoms with van der Waals surface area (Å²) in [6, 6.07) is 11.7. The Labute approximate surface area is 146 Å². The predicted octanol–water partition coefficient (Wildman–Crippen LogP) is 3.18. The van der Waals surface area contributed by atoms with E-state index in [0.29, 0.717) is 16.7 Å². The summed E-state index contributed by atoms with van der Waals surface area (Å²) in [6.07, 6.45) is 2.47. The molecule has 2 aromatic carbocycles. The lowest BCUT2D eigenvalue weighted by Crippen LogP contribution is -2.47. The first kappa shape index (κ1) is 17.2. The second-order valence-electron chi connectivity index (χ2n) is 6.57. The van der Waals surface area contributed by atoms with E-state index < -0.39 is 5.60 Å². The van der Waals surface area contributed by atoms with E-state index in [4.69, 9.17) is 0 Å². The van der Waals surface area contributed by atoms with E-state index >= 15 is 0 Å². The van der Waals surface area contributed by atoms with Gasteiger partial charge >= 0.3 is 0 Å². The first-order valence-electron chi connectivity index (χ1n) is 8.34. The third-order valence-electron chi connectivity index (χ3n) is 4.48. The fourth-order valence-electron chi connectivity index (χ4n) is 2.67. The van der Waals surface area contributed by atoms with Crippen LogP contribution in [0.5, 0.6) is 0 Å². The van der Waals surface area contributed by atoms with Gasteiger partial charge in [0, 0.05) is 17.7 Å². The standard InChI is InChI=1S/C21H20FNO2/c1-15-3-7-17(19(22)13-15)8-4-16-5-9-18(10-6-16)20(24)23-14-21(25)11-2-12-21/h3,5-7,9-10,13,25H,2,11-12,14H2,1H3,(H,23,24). The lowest BCUT2D eigenvalue weighted by molar-refractivity contribution is -0.0300. The van der Waals surface area contributed by atoms with E-state index in [1.807, 2.05) is 13.0 Å². The highest BCUT2D eigenvalue weighted by Gasteiger charge is 2.34. The third kappa shape index (κ3) is 4.26. The maximum atomic E-state index is 13.8. The highest BCUT2D eigenvalue weighted by molar-refractivity contribution is 5.94. The molecule has 0 atom stereocenters. The number of rotatable bonds is 3. The molecule has 1 saturated carbocycles. The summed E-state index contributed by atoms with van der Waals surface area (Å²) in [6.45, 7) is 2.10. The van der Waals surface area contributed by atoms with Crippen molar-refractivity contribution < 1.29 is 14.3 Å². The van der Waals surface area contributed by atoms with Crippen LogP contribution < -0.4 is 5.32 Å². The van der Waals surface area contributed by atoms with E-state index in [0.717, 1.165) is 24.8 Å². The lowest BCUT2D eigenvalue weighted by Gasteiger charge is -2.36. The number of hydrogen-bond acceptors (Lipinski definition) is 2. The van der Waals surface area contributed by atoms with Gasteiger partial charge in [0.25, 0.3) is 5.91 Å². The number of nitrogens with one attached hydrogen (secondary N) is 1. The van der Waals surface area contributed by atoms with Crippen LogP contribution >= 0.6 is 0 Å². The normalized spacial score (nSPS) is 14.8. The smallest absolute Gasteiger partial charge is 0.251 e. The molecule has 0 bridgehead atoms. The molecule has 1 aliphatic rings. The summed E-state index contributed by atoms with van der Waals surface area (Å²) in [5.41, 5.74) is 1.68. The Morgan fingerprint density at radius 2 is 1.92 bits per heavy atom. The Morgan fingerprint density at radius 1 is 1.20 bits per heavy atom. The average molecular weight is 337 g/mol. The molecule has 3 rings (SSSR count). The molecule has 25 heavy (non-hydrogen) atoms. The summed E-state index contributed by atoms with van der Waals surface area (Å²) in [5, 5.41) is 12.8. The third-order valence-corrected chi connectivity index (χ3v) is 4.48. The van der Waals surface area contributed by atoms with Gasteiger partial charge in [-0.2, -0.15) is 0 Å². The number of halogens is 1. The van der Waals surface area contributed by atoms with Crippen molar-refractivity contribution in [2.45, 2.75) is 31.8 Å². The second kappa shape index (κ2) is 7.08. The van der Waals surface area contributed by atoms with Gasteiger partial charge in [-0.15, -0.1) is 0 Å². The molecule has 0 unspecified atom stereocenters. The topological polar surface area (TPSA) is 49.3 Å². The zero-order chi connectivity index (χ0) is 17.9. The molecule has 0 aliphatic heterocycles. The summed E-state index contributed by atoms with van der Waals surface area (Å²) < 4.78 is 13.8. The molecule has 4 heteroatoms. The molecule has 1 aliphatic carbocycles. The van der Waals surface area contributed by atoms with Crippen LogP contribution in [0, 0.1) is 24.6 Å². The van der Waals surface area contributed by atoms with Crippen LogP contribution in [0.1, 0.15) is 46.3 Å². The minimum atomic E-state index is -0.737. The van der Waals surface area contributed by atoms with Crippen LogP contribution in [0.3, 0.4) is 0 Å². The minimum Gasteiger partial charge on any atom is -0.388 e. The summed E-state index contributed by atoms with van der Waals surface area (Å²) in [5.74, 6) is 5.15. The maximum Gasteiger partial charge on any atom is 0.251 e. The molecule has 3 nitrogen and oxygen atoms in total. The van der Waals surface area contributed by atoms with Crippen LogP contribution in [0.15, 0.2) is 42.5 Å². The monoisotopic (exact) mass is 337 g/mol. The van der Waals surface area contributed by atoms with Gasteiger partial charge in [0.05, 0.1) is 11.2 Å². The molecular weight excluding hydrogens is 317 g/mol. The molecule has 1 amide bonds. The van der Waals surface area contributed by atoms with Gasteiger partial charge in [0.2, 0.25) is 0 Å². The summed E-state index contributed by atoms with van der Waals surface area (Å²) >= 11 is 0. The second-order valence-corrected chi connectivity index (χ2v) is 6.57. The zero-order valence-corrected chi connectivity index (χ0v) is 14.1. The van der Waals surface area contributed by atoms with Gasteiger partial charge in [-0.3, -0.25) is 4.79 Å². The zero-order valence-electron chi connectivity index (χ0n) is 14.1. The average Bonchev–Trinajstić information content (AvgIpc) is 2.58.